The predicted molar refractivity (Wildman–Crippen MR) is 93.7 cm³/mol. The fourth-order valence-corrected chi connectivity index (χ4v) is 4.96. The molecule has 1 aliphatic carbocycles. The number of alkyl halides is 3. The third kappa shape index (κ3) is 4.63. The molecule has 1 aliphatic heterocycles. The van der Waals surface area contributed by atoms with Gasteiger partial charge in [0.2, 0.25) is 10.0 Å². The zero-order valence-electron chi connectivity index (χ0n) is 15.1. The molecule has 27 heavy (non-hydrogen) atoms. The molecule has 0 spiro atoms. The van der Waals surface area contributed by atoms with E-state index in [-0.39, 0.29) is 16.4 Å². The minimum absolute atomic E-state index is 0.0542. The molecule has 0 radical (unpaired) electrons. The molecule has 1 aromatic carbocycles. The summed E-state index contributed by atoms with van der Waals surface area (Å²) in [5.41, 5.74) is 0.0621. The van der Waals surface area contributed by atoms with Crippen molar-refractivity contribution in [1.29, 1.82) is 0 Å². The van der Waals surface area contributed by atoms with Crippen molar-refractivity contribution in [3.63, 3.8) is 0 Å². The molecule has 1 saturated carbocycles. The van der Waals surface area contributed by atoms with Crippen LogP contribution in [-0.2, 0) is 10.0 Å². The highest BCUT2D eigenvalue weighted by molar-refractivity contribution is 7.89. The number of halogens is 3. The first kappa shape index (κ1) is 20.1. The summed E-state index contributed by atoms with van der Waals surface area (Å²) in [7, 11) is -3.62. The molecule has 3 rings (SSSR count). The molecule has 1 atom stereocenters. The number of hydrogen-bond donors (Lipinski definition) is 0. The average molecular weight is 404 g/mol. The number of hydrogen-bond acceptors (Lipinski definition) is 3. The van der Waals surface area contributed by atoms with Crippen LogP contribution in [0.2, 0.25) is 0 Å². The number of sulfonamides is 1. The normalized spacial score (nSPS) is 19.9. The van der Waals surface area contributed by atoms with E-state index in [1.165, 1.54) is 28.6 Å². The van der Waals surface area contributed by atoms with E-state index in [0.717, 1.165) is 30.6 Å². The van der Waals surface area contributed by atoms with E-state index in [1.807, 2.05) is 0 Å². The van der Waals surface area contributed by atoms with Gasteiger partial charge in [0.25, 0.3) is 5.91 Å². The molecule has 0 N–H and O–H groups in total. The lowest BCUT2D eigenvalue weighted by Gasteiger charge is -2.30. The van der Waals surface area contributed by atoms with Gasteiger partial charge in [-0.1, -0.05) is 0 Å². The third-order valence-corrected chi connectivity index (χ3v) is 7.12. The lowest BCUT2D eigenvalue weighted by Crippen LogP contribution is -2.45. The minimum atomic E-state index is -4.49. The van der Waals surface area contributed by atoms with Gasteiger partial charge >= 0.3 is 6.18 Å². The summed E-state index contributed by atoms with van der Waals surface area (Å²) >= 11 is 0. The highest BCUT2D eigenvalue weighted by Gasteiger charge is 2.40. The van der Waals surface area contributed by atoms with E-state index in [0.29, 0.717) is 13.1 Å². The Labute approximate surface area is 157 Å². The molecule has 2 fully saturated rings. The zero-order chi connectivity index (χ0) is 19.8. The Morgan fingerprint density at radius 2 is 1.74 bits per heavy atom. The quantitative estimate of drug-likeness (QED) is 0.731. The summed E-state index contributed by atoms with van der Waals surface area (Å²) < 4.78 is 65.3. The van der Waals surface area contributed by atoms with Crippen molar-refractivity contribution in [2.24, 2.45) is 5.92 Å². The first-order valence-electron chi connectivity index (χ1n) is 9.07. The summed E-state index contributed by atoms with van der Waals surface area (Å²) in [6, 6.07) is 4.69. The second kappa shape index (κ2) is 7.43. The number of carbonyl (C=O) groups excluding carboxylic acids is 1. The maximum Gasteiger partial charge on any atom is 0.406 e. The van der Waals surface area contributed by atoms with Gasteiger partial charge in [-0.05, 0) is 62.8 Å². The van der Waals surface area contributed by atoms with Gasteiger partial charge in [-0.25, -0.2) is 8.42 Å². The number of benzene rings is 1. The van der Waals surface area contributed by atoms with Crippen LogP contribution in [0, 0.1) is 5.92 Å². The van der Waals surface area contributed by atoms with Crippen LogP contribution in [0.15, 0.2) is 29.2 Å². The highest BCUT2D eigenvalue weighted by Crippen LogP contribution is 2.36. The molecule has 1 heterocycles. The first-order chi connectivity index (χ1) is 12.6. The second-order valence-corrected chi connectivity index (χ2v) is 9.20. The van der Waals surface area contributed by atoms with Crippen LogP contribution in [0.4, 0.5) is 13.2 Å². The Morgan fingerprint density at radius 3 is 2.22 bits per heavy atom. The smallest absolute Gasteiger partial charge is 0.327 e. The number of rotatable bonds is 6. The standard InChI is InChI=1S/C18H23F3N2O3S/c1-13(14-4-5-14)23(12-18(19,20)21)17(24)15-6-8-16(9-7-15)27(25,26)22-10-2-3-11-22/h6-9,13-14H,2-5,10-12H2,1H3. The SMILES string of the molecule is CC(C1CC1)N(CC(F)(F)F)C(=O)c1ccc(S(=O)(=O)N2CCCC2)cc1. The maximum atomic E-state index is 12.9. The maximum absolute atomic E-state index is 12.9. The fourth-order valence-electron chi connectivity index (χ4n) is 3.44. The summed E-state index contributed by atoms with van der Waals surface area (Å²) in [5, 5.41) is 0. The van der Waals surface area contributed by atoms with Gasteiger partial charge in [-0.3, -0.25) is 4.79 Å². The molecule has 1 unspecified atom stereocenters. The van der Waals surface area contributed by atoms with E-state index in [1.54, 1.807) is 6.92 Å². The fraction of sp³-hybridized carbons (Fsp3) is 0.611. The Bertz CT molecular complexity index is 783. The van der Waals surface area contributed by atoms with Crippen molar-refractivity contribution in [2.45, 2.75) is 49.7 Å². The lowest BCUT2D eigenvalue weighted by atomic mass is 10.1. The van der Waals surface area contributed by atoms with Crippen molar-refractivity contribution in [3.05, 3.63) is 29.8 Å². The van der Waals surface area contributed by atoms with Gasteiger partial charge < -0.3 is 4.90 Å². The number of amides is 1. The van der Waals surface area contributed by atoms with Crippen molar-refractivity contribution < 1.29 is 26.4 Å². The van der Waals surface area contributed by atoms with Crippen LogP contribution in [0.5, 0.6) is 0 Å². The summed E-state index contributed by atoms with van der Waals surface area (Å²) in [5.74, 6) is -0.636. The largest absolute Gasteiger partial charge is 0.406 e. The Balaban J connectivity index is 1.80. The van der Waals surface area contributed by atoms with Gasteiger partial charge in [-0.15, -0.1) is 0 Å². The topological polar surface area (TPSA) is 57.7 Å². The van der Waals surface area contributed by atoms with Crippen LogP contribution in [0.25, 0.3) is 0 Å². The Hall–Kier alpha value is -1.61. The number of nitrogens with zero attached hydrogens (tertiary/aromatic N) is 2. The predicted octanol–water partition coefficient (Wildman–Crippen LogP) is 3.27. The summed E-state index contributed by atoms with van der Waals surface area (Å²) in [6.45, 7) is 1.24. The Kier molecular flexibility index (Phi) is 5.54. The molecule has 2 aliphatic rings. The number of carbonyl (C=O) groups is 1. The van der Waals surface area contributed by atoms with Gasteiger partial charge in [0.15, 0.2) is 0 Å². The van der Waals surface area contributed by atoms with E-state index in [2.05, 4.69) is 0 Å². The van der Waals surface area contributed by atoms with Gasteiger partial charge in [-0.2, -0.15) is 17.5 Å². The third-order valence-electron chi connectivity index (χ3n) is 5.21. The molecule has 9 heteroatoms. The van der Waals surface area contributed by atoms with Crippen molar-refractivity contribution in [1.82, 2.24) is 9.21 Å². The highest BCUT2D eigenvalue weighted by atomic mass is 32.2. The molecular formula is C18H23F3N2O3S. The van der Waals surface area contributed by atoms with Crippen molar-refractivity contribution >= 4 is 15.9 Å². The van der Waals surface area contributed by atoms with Crippen LogP contribution in [0.1, 0.15) is 43.0 Å². The first-order valence-corrected chi connectivity index (χ1v) is 10.5. The van der Waals surface area contributed by atoms with Crippen molar-refractivity contribution in [2.75, 3.05) is 19.6 Å². The van der Waals surface area contributed by atoms with E-state index in [9.17, 15) is 26.4 Å². The van der Waals surface area contributed by atoms with Crippen LogP contribution in [-0.4, -0.2) is 55.4 Å². The minimum Gasteiger partial charge on any atom is -0.327 e. The molecule has 1 amide bonds. The van der Waals surface area contributed by atoms with Gasteiger partial charge in [0.1, 0.15) is 6.54 Å². The molecule has 1 saturated heterocycles. The molecule has 1 aromatic rings. The molecular weight excluding hydrogens is 381 g/mol. The second-order valence-electron chi connectivity index (χ2n) is 7.26. The van der Waals surface area contributed by atoms with Crippen LogP contribution in [0.3, 0.4) is 0 Å². The van der Waals surface area contributed by atoms with E-state index >= 15 is 0 Å². The molecule has 5 nitrogen and oxygen atoms in total. The summed E-state index contributed by atoms with van der Waals surface area (Å²) in [4.78, 5) is 13.6. The molecule has 0 bridgehead atoms. The van der Waals surface area contributed by atoms with E-state index < -0.39 is 34.7 Å². The van der Waals surface area contributed by atoms with E-state index in [4.69, 9.17) is 0 Å². The van der Waals surface area contributed by atoms with Gasteiger partial charge in [0, 0.05) is 24.7 Å². The zero-order valence-corrected chi connectivity index (χ0v) is 15.9. The average Bonchev–Trinajstić information content (AvgIpc) is 3.31. The van der Waals surface area contributed by atoms with Crippen LogP contribution >= 0.6 is 0 Å². The van der Waals surface area contributed by atoms with Crippen molar-refractivity contribution in [3.8, 4) is 0 Å². The lowest BCUT2D eigenvalue weighted by molar-refractivity contribution is -0.144. The monoisotopic (exact) mass is 404 g/mol. The summed E-state index contributed by atoms with van der Waals surface area (Å²) in [6.07, 6.45) is -1.24. The van der Waals surface area contributed by atoms with Gasteiger partial charge in [0.05, 0.1) is 4.90 Å². The molecule has 0 aromatic heterocycles. The van der Waals surface area contributed by atoms with Crippen LogP contribution < -0.4 is 0 Å². The Morgan fingerprint density at radius 1 is 1.19 bits per heavy atom. The molecule has 150 valence electrons.